The summed E-state index contributed by atoms with van der Waals surface area (Å²) in [6.07, 6.45) is 1.68. The molecule has 4 nitrogen and oxygen atoms in total. The van der Waals surface area contributed by atoms with E-state index in [-0.39, 0.29) is 6.61 Å². The summed E-state index contributed by atoms with van der Waals surface area (Å²) in [5, 5.41) is 18.1. The number of fused-ring (bicyclic) bond motifs is 1. The van der Waals surface area contributed by atoms with Gasteiger partial charge in [0.05, 0.1) is 5.92 Å². The first kappa shape index (κ1) is 13.1. The molecule has 0 aromatic heterocycles. The molecule has 1 aliphatic rings. The third kappa shape index (κ3) is 2.89. The third-order valence-electron chi connectivity index (χ3n) is 3.45. The summed E-state index contributed by atoms with van der Waals surface area (Å²) in [5.41, 5.74) is 2.06. The molecule has 0 radical (unpaired) electrons. The molecule has 4 heteroatoms. The largest absolute Gasteiger partial charge is 0.481 e. The number of carboxylic acid groups (broad SMARTS) is 1. The molecule has 1 aromatic rings. The summed E-state index contributed by atoms with van der Waals surface area (Å²) >= 11 is 0. The average molecular weight is 249 g/mol. The van der Waals surface area contributed by atoms with Gasteiger partial charge in [-0.05, 0) is 30.5 Å². The molecule has 1 heterocycles. The Hall–Kier alpha value is -1.39. The molecule has 1 unspecified atom stereocenters. The van der Waals surface area contributed by atoms with Crippen molar-refractivity contribution in [2.24, 2.45) is 0 Å². The van der Waals surface area contributed by atoms with E-state index in [0.29, 0.717) is 6.54 Å². The first-order valence-electron chi connectivity index (χ1n) is 6.36. The molecule has 2 rings (SSSR count). The fraction of sp³-hybridized carbons (Fsp3) is 0.500. The summed E-state index contributed by atoms with van der Waals surface area (Å²) in [6, 6.07) is 7.77. The topological polar surface area (TPSA) is 60.8 Å². The number of carbonyl (C=O) groups is 1. The minimum absolute atomic E-state index is 0.201. The lowest BCUT2D eigenvalue weighted by Gasteiger charge is -2.32. The van der Waals surface area contributed by atoms with Gasteiger partial charge in [-0.25, -0.2) is 0 Å². The molecule has 98 valence electrons. The highest BCUT2D eigenvalue weighted by molar-refractivity contribution is 5.77. The van der Waals surface area contributed by atoms with E-state index in [1.54, 1.807) is 0 Å². The highest BCUT2D eigenvalue weighted by atomic mass is 16.4. The summed E-state index contributed by atoms with van der Waals surface area (Å²) in [5.74, 6) is -1.18. The molecular formula is C14H19NO3. The number of aliphatic hydroxyl groups excluding tert-OH is 1. The molecule has 18 heavy (non-hydrogen) atoms. The second kappa shape index (κ2) is 5.98. The van der Waals surface area contributed by atoms with Crippen molar-refractivity contribution in [3.63, 3.8) is 0 Å². The van der Waals surface area contributed by atoms with E-state index < -0.39 is 11.9 Å². The van der Waals surface area contributed by atoms with Gasteiger partial charge in [-0.15, -0.1) is 0 Å². The van der Waals surface area contributed by atoms with Crippen molar-refractivity contribution in [3.8, 4) is 0 Å². The van der Waals surface area contributed by atoms with Crippen molar-refractivity contribution in [2.75, 3.05) is 19.7 Å². The molecule has 1 aliphatic heterocycles. The van der Waals surface area contributed by atoms with Crippen LogP contribution in [0.3, 0.4) is 0 Å². The van der Waals surface area contributed by atoms with Crippen LogP contribution in [0.5, 0.6) is 0 Å². The number of aliphatic carboxylic acids is 1. The summed E-state index contributed by atoms with van der Waals surface area (Å²) in [6.45, 7) is 2.43. The fourth-order valence-electron chi connectivity index (χ4n) is 2.51. The molecule has 0 fully saturated rings. The second-order valence-electron chi connectivity index (χ2n) is 4.76. The Morgan fingerprint density at radius 2 is 2.11 bits per heavy atom. The van der Waals surface area contributed by atoms with E-state index in [2.05, 4.69) is 4.90 Å². The van der Waals surface area contributed by atoms with Crippen LogP contribution in [0, 0.1) is 0 Å². The highest BCUT2D eigenvalue weighted by Crippen LogP contribution is 2.28. The van der Waals surface area contributed by atoms with Crippen LogP contribution in [0.4, 0.5) is 0 Å². The SMILES string of the molecule is O=C(O)C1CN(CCCCO)Cc2ccccc21. The molecule has 0 amide bonds. The Morgan fingerprint density at radius 3 is 2.83 bits per heavy atom. The number of benzene rings is 1. The summed E-state index contributed by atoms with van der Waals surface area (Å²) in [4.78, 5) is 13.5. The summed E-state index contributed by atoms with van der Waals surface area (Å²) in [7, 11) is 0. The van der Waals surface area contributed by atoms with Gasteiger partial charge in [0.15, 0.2) is 0 Å². The van der Waals surface area contributed by atoms with Crippen molar-refractivity contribution >= 4 is 5.97 Å². The Balaban J connectivity index is 2.10. The van der Waals surface area contributed by atoms with Gasteiger partial charge in [0.2, 0.25) is 0 Å². The predicted octanol–water partition coefficient (Wildman–Crippen LogP) is 1.44. The molecule has 0 saturated heterocycles. The average Bonchev–Trinajstić information content (AvgIpc) is 2.38. The Morgan fingerprint density at radius 1 is 1.33 bits per heavy atom. The minimum atomic E-state index is -0.755. The fourth-order valence-corrected chi connectivity index (χ4v) is 2.51. The molecule has 0 saturated carbocycles. The van der Waals surface area contributed by atoms with Crippen molar-refractivity contribution in [3.05, 3.63) is 35.4 Å². The van der Waals surface area contributed by atoms with Crippen LogP contribution in [0.1, 0.15) is 29.9 Å². The van der Waals surface area contributed by atoms with Gasteiger partial charge in [-0.1, -0.05) is 24.3 Å². The Kier molecular flexibility index (Phi) is 4.33. The van der Waals surface area contributed by atoms with Crippen LogP contribution in [-0.2, 0) is 11.3 Å². The van der Waals surface area contributed by atoms with Gasteiger partial charge in [0.1, 0.15) is 0 Å². The number of hydrogen-bond acceptors (Lipinski definition) is 3. The van der Waals surface area contributed by atoms with Crippen molar-refractivity contribution in [1.82, 2.24) is 4.90 Å². The van der Waals surface area contributed by atoms with E-state index in [0.717, 1.165) is 37.1 Å². The van der Waals surface area contributed by atoms with Gasteiger partial charge in [-0.2, -0.15) is 0 Å². The lowest BCUT2D eigenvalue weighted by atomic mass is 9.90. The number of carboxylic acids is 1. The number of hydrogen-bond donors (Lipinski definition) is 2. The monoisotopic (exact) mass is 249 g/mol. The lowest BCUT2D eigenvalue weighted by molar-refractivity contribution is -0.139. The zero-order valence-corrected chi connectivity index (χ0v) is 10.4. The molecule has 0 spiro atoms. The summed E-state index contributed by atoms with van der Waals surface area (Å²) < 4.78 is 0. The molecular weight excluding hydrogens is 230 g/mol. The zero-order valence-electron chi connectivity index (χ0n) is 10.4. The molecule has 0 aliphatic carbocycles. The molecule has 1 aromatic carbocycles. The van der Waals surface area contributed by atoms with Crippen LogP contribution in [0.15, 0.2) is 24.3 Å². The van der Waals surface area contributed by atoms with Gasteiger partial charge in [0, 0.05) is 19.7 Å². The third-order valence-corrected chi connectivity index (χ3v) is 3.45. The van der Waals surface area contributed by atoms with E-state index in [4.69, 9.17) is 5.11 Å². The van der Waals surface area contributed by atoms with Gasteiger partial charge >= 0.3 is 5.97 Å². The number of unbranched alkanes of at least 4 members (excludes halogenated alkanes) is 1. The normalized spacial score (nSPS) is 19.5. The Labute approximate surface area is 107 Å². The van der Waals surface area contributed by atoms with E-state index >= 15 is 0 Å². The highest BCUT2D eigenvalue weighted by Gasteiger charge is 2.29. The van der Waals surface area contributed by atoms with Crippen molar-refractivity contribution in [2.45, 2.75) is 25.3 Å². The van der Waals surface area contributed by atoms with E-state index in [1.807, 2.05) is 24.3 Å². The van der Waals surface area contributed by atoms with Gasteiger partial charge in [0.25, 0.3) is 0 Å². The van der Waals surface area contributed by atoms with Gasteiger partial charge in [-0.3, -0.25) is 9.69 Å². The maximum atomic E-state index is 11.3. The van der Waals surface area contributed by atoms with Crippen LogP contribution in [-0.4, -0.2) is 40.8 Å². The molecule has 2 N–H and O–H groups in total. The molecule has 1 atom stereocenters. The lowest BCUT2D eigenvalue weighted by Crippen LogP contribution is -2.37. The quantitative estimate of drug-likeness (QED) is 0.775. The standard InChI is InChI=1S/C14H19NO3/c16-8-4-3-7-15-9-11-5-1-2-6-12(11)13(10-15)14(17)18/h1-2,5-6,13,16H,3-4,7-10H2,(H,17,18). The number of rotatable bonds is 5. The maximum absolute atomic E-state index is 11.3. The minimum Gasteiger partial charge on any atom is -0.481 e. The zero-order chi connectivity index (χ0) is 13.0. The first-order chi connectivity index (χ1) is 8.72. The molecule has 0 bridgehead atoms. The van der Waals surface area contributed by atoms with Crippen molar-refractivity contribution in [1.29, 1.82) is 0 Å². The van der Waals surface area contributed by atoms with E-state index in [1.165, 1.54) is 0 Å². The van der Waals surface area contributed by atoms with Crippen LogP contribution >= 0.6 is 0 Å². The second-order valence-corrected chi connectivity index (χ2v) is 4.76. The van der Waals surface area contributed by atoms with Crippen LogP contribution in [0.2, 0.25) is 0 Å². The van der Waals surface area contributed by atoms with Crippen LogP contribution in [0.25, 0.3) is 0 Å². The van der Waals surface area contributed by atoms with Crippen LogP contribution < -0.4 is 0 Å². The first-order valence-corrected chi connectivity index (χ1v) is 6.36. The van der Waals surface area contributed by atoms with E-state index in [9.17, 15) is 9.90 Å². The number of nitrogens with zero attached hydrogens (tertiary/aromatic N) is 1. The maximum Gasteiger partial charge on any atom is 0.312 e. The van der Waals surface area contributed by atoms with Gasteiger partial charge < -0.3 is 10.2 Å². The number of aliphatic hydroxyl groups is 1. The van der Waals surface area contributed by atoms with Crippen molar-refractivity contribution < 1.29 is 15.0 Å². The smallest absolute Gasteiger partial charge is 0.312 e. The predicted molar refractivity (Wildman–Crippen MR) is 68.4 cm³/mol. The Bertz CT molecular complexity index is 419.